The van der Waals surface area contributed by atoms with Gasteiger partial charge in [0.25, 0.3) is 0 Å². The van der Waals surface area contributed by atoms with E-state index in [0.29, 0.717) is 12.3 Å². The second-order valence-corrected chi connectivity index (χ2v) is 3.23. The highest BCUT2D eigenvalue weighted by Crippen LogP contribution is 2.00. The Labute approximate surface area is 86.3 Å². The molecule has 13 heavy (non-hydrogen) atoms. The number of halogens is 1. The normalized spacial score (nSPS) is 17.5. The van der Waals surface area contributed by atoms with Crippen LogP contribution in [0.5, 0.6) is 0 Å². The maximum atomic E-state index is 11.4. The minimum absolute atomic E-state index is 0. The van der Waals surface area contributed by atoms with Crippen molar-refractivity contribution < 1.29 is 4.79 Å². The second-order valence-electron chi connectivity index (χ2n) is 3.23. The van der Waals surface area contributed by atoms with Gasteiger partial charge in [0.05, 0.1) is 0 Å². The molecule has 0 unspecified atom stereocenters. The van der Waals surface area contributed by atoms with Crippen LogP contribution in [0.15, 0.2) is 0 Å². The number of hydrogen-bond acceptors (Lipinski definition) is 2. The third kappa shape index (κ3) is 4.48. The van der Waals surface area contributed by atoms with Crippen molar-refractivity contribution in [3.05, 3.63) is 0 Å². The molecular weight excluding hydrogens is 188 g/mol. The van der Waals surface area contributed by atoms with Crippen molar-refractivity contribution in [2.45, 2.75) is 26.2 Å². The van der Waals surface area contributed by atoms with Crippen LogP contribution in [0.3, 0.4) is 0 Å². The summed E-state index contributed by atoms with van der Waals surface area (Å²) in [6.45, 7) is 5.88. The minimum Gasteiger partial charge on any atom is -0.341 e. The zero-order chi connectivity index (χ0) is 8.81. The van der Waals surface area contributed by atoms with Gasteiger partial charge in [-0.2, -0.15) is 0 Å². The van der Waals surface area contributed by atoms with Crippen molar-refractivity contribution in [1.82, 2.24) is 10.2 Å². The smallest absolute Gasteiger partial charge is 0.222 e. The Morgan fingerprint density at radius 2 is 2.15 bits per heavy atom. The van der Waals surface area contributed by atoms with Crippen LogP contribution in [0.1, 0.15) is 26.2 Å². The van der Waals surface area contributed by atoms with Gasteiger partial charge in [0.15, 0.2) is 0 Å². The van der Waals surface area contributed by atoms with Gasteiger partial charge in [0.1, 0.15) is 0 Å². The molecule has 0 atom stereocenters. The van der Waals surface area contributed by atoms with Crippen LogP contribution in [0.25, 0.3) is 0 Å². The van der Waals surface area contributed by atoms with Crippen molar-refractivity contribution in [2.24, 2.45) is 0 Å². The standard InChI is InChI=1S/C9H18N2O.ClH/c1-2-4-9(12)11-7-3-5-10-6-8-11;/h10H,2-8H2,1H3;1H. The molecule has 0 aromatic heterocycles. The summed E-state index contributed by atoms with van der Waals surface area (Å²) in [5.74, 6) is 0.321. The summed E-state index contributed by atoms with van der Waals surface area (Å²) in [7, 11) is 0. The molecule has 1 rings (SSSR count). The van der Waals surface area contributed by atoms with Crippen LogP contribution < -0.4 is 5.32 Å². The van der Waals surface area contributed by atoms with E-state index in [1.807, 2.05) is 11.8 Å². The third-order valence-corrected chi connectivity index (χ3v) is 2.16. The van der Waals surface area contributed by atoms with Crippen molar-refractivity contribution >= 4 is 18.3 Å². The van der Waals surface area contributed by atoms with Gasteiger partial charge in [-0.3, -0.25) is 4.79 Å². The van der Waals surface area contributed by atoms with Crippen LogP contribution in [-0.4, -0.2) is 37.0 Å². The molecule has 0 saturated carbocycles. The van der Waals surface area contributed by atoms with Crippen LogP contribution in [0.2, 0.25) is 0 Å². The molecule has 0 spiro atoms. The van der Waals surface area contributed by atoms with Gasteiger partial charge in [-0.05, 0) is 19.4 Å². The molecule has 1 N–H and O–H groups in total. The molecular formula is C9H19ClN2O. The zero-order valence-electron chi connectivity index (χ0n) is 8.21. The average molecular weight is 207 g/mol. The van der Waals surface area contributed by atoms with Crippen LogP contribution in [-0.2, 0) is 4.79 Å². The molecule has 1 fully saturated rings. The molecule has 1 aliphatic rings. The molecule has 1 heterocycles. The summed E-state index contributed by atoms with van der Waals surface area (Å²) in [6.07, 6.45) is 2.76. The number of nitrogens with one attached hydrogen (secondary N) is 1. The summed E-state index contributed by atoms with van der Waals surface area (Å²) in [6, 6.07) is 0. The number of rotatable bonds is 2. The van der Waals surface area contributed by atoms with Crippen LogP contribution >= 0.6 is 12.4 Å². The monoisotopic (exact) mass is 206 g/mol. The molecule has 0 radical (unpaired) electrons. The highest BCUT2D eigenvalue weighted by molar-refractivity contribution is 5.85. The van der Waals surface area contributed by atoms with Crippen molar-refractivity contribution in [1.29, 1.82) is 0 Å². The number of carbonyl (C=O) groups is 1. The lowest BCUT2D eigenvalue weighted by Crippen LogP contribution is -2.33. The molecule has 1 amide bonds. The predicted molar refractivity (Wildman–Crippen MR) is 56.2 cm³/mol. The maximum Gasteiger partial charge on any atom is 0.222 e. The lowest BCUT2D eigenvalue weighted by atomic mass is 10.3. The van der Waals surface area contributed by atoms with Gasteiger partial charge < -0.3 is 10.2 Å². The molecule has 0 bridgehead atoms. The molecule has 4 heteroatoms. The highest BCUT2D eigenvalue weighted by atomic mass is 35.5. The van der Waals surface area contributed by atoms with Gasteiger partial charge in [-0.15, -0.1) is 12.4 Å². The van der Waals surface area contributed by atoms with E-state index >= 15 is 0 Å². The van der Waals surface area contributed by atoms with Crippen LogP contribution in [0.4, 0.5) is 0 Å². The van der Waals surface area contributed by atoms with E-state index in [1.54, 1.807) is 0 Å². The van der Waals surface area contributed by atoms with Crippen molar-refractivity contribution in [3.8, 4) is 0 Å². The Morgan fingerprint density at radius 1 is 1.38 bits per heavy atom. The number of nitrogens with zero attached hydrogens (tertiary/aromatic N) is 1. The van der Waals surface area contributed by atoms with Gasteiger partial charge in [0, 0.05) is 26.1 Å². The minimum atomic E-state index is 0. The van der Waals surface area contributed by atoms with E-state index in [4.69, 9.17) is 0 Å². The Morgan fingerprint density at radius 3 is 2.85 bits per heavy atom. The number of amides is 1. The Balaban J connectivity index is 0.00000144. The average Bonchev–Trinajstić information content (AvgIpc) is 2.32. The predicted octanol–water partition coefficient (Wildman–Crippen LogP) is 1.03. The van der Waals surface area contributed by atoms with Gasteiger partial charge in [0.2, 0.25) is 5.91 Å². The highest BCUT2D eigenvalue weighted by Gasteiger charge is 2.13. The molecule has 0 aromatic carbocycles. The Bertz CT molecular complexity index is 145. The lowest BCUT2D eigenvalue weighted by molar-refractivity contribution is -0.131. The topological polar surface area (TPSA) is 32.3 Å². The first-order valence-electron chi connectivity index (χ1n) is 4.83. The number of hydrogen-bond donors (Lipinski definition) is 1. The summed E-state index contributed by atoms with van der Waals surface area (Å²) < 4.78 is 0. The first kappa shape index (κ1) is 12.7. The molecule has 3 nitrogen and oxygen atoms in total. The Kier molecular flexibility index (Phi) is 7.00. The van der Waals surface area contributed by atoms with Crippen molar-refractivity contribution in [3.63, 3.8) is 0 Å². The molecule has 78 valence electrons. The van der Waals surface area contributed by atoms with E-state index in [2.05, 4.69) is 5.32 Å². The first-order chi connectivity index (χ1) is 5.84. The van der Waals surface area contributed by atoms with E-state index in [0.717, 1.165) is 39.0 Å². The fraction of sp³-hybridized carbons (Fsp3) is 0.889. The summed E-state index contributed by atoms with van der Waals surface area (Å²) in [5.41, 5.74) is 0. The fourth-order valence-electron chi connectivity index (χ4n) is 1.47. The quantitative estimate of drug-likeness (QED) is 0.732. The number of carbonyl (C=O) groups excluding carboxylic acids is 1. The first-order valence-corrected chi connectivity index (χ1v) is 4.83. The largest absolute Gasteiger partial charge is 0.341 e. The van der Waals surface area contributed by atoms with Crippen molar-refractivity contribution in [2.75, 3.05) is 26.2 Å². The van der Waals surface area contributed by atoms with E-state index in [-0.39, 0.29) is 12.4 Å². The second kappa shape index (κ2) is 7.15. The molecule has 0 aliphatic carbocycles. The van der Waals surface area contributed by atoms with Crippen LogP contribution in [0, 0.1) is 0 Å². The van der Waals surface area contributed by atoms with Gasteiger partial charge in [-0.1, -0.05) is 6.92 Å². The lowest BCUT2D eigenvalue weighted by Gasteiger charge is -2.19. The third-order valence-electron chi connectivity index (χ3n) is 2.16. The molecule has 0 aromatic rings. The summed E-state index contributed by atoms with van der Waals surface area (Å²) in [5, 5.41) is 3.28. The molecule has 1 aliphatic heterocycles. The maximum absolute atomic E-state index is 11.4. The summed E-state index contributed by atoms with van der Waals surface area (Å²) >= 11 is 0. The van der Waals surface area contributed by atoms with E-state index < -0.39 is 0 Å². The SMILES string of the molecule is CCCC(=O)N1CCCNCC1.Cl. The van der Waals surface area contributed by atoms with Gasteiger partial charge in [-0.25, -0.2) is 0 Å². The zero-order valence-corrected chi connectivity index (χ0v) is 9.03. The van der Waals surface area contributed by atoms with E-state index in [1.165, 1.54) is 0 Å². The van der Waals surface area contributed by atoms with E-state index in [9.17, 15) is 4.79 Å². The fourth-order valence-corrected chi connectivity index (χ4v) is 1.47. The summed E-state index contributed by atoms with van der Waals surface area (Å²) in [4.78, 5) is 13.4. The Hall–Kier alpha value is -0.280. The van der Waals surface area contributed by atoms with Gasteiger partial charge >= 0.3 is 0 Å². The molecule has 1 saturated heterocycles.